The zero-order valence-electron chi connectivity index (χ0n) is 15.0. The van der Waals surface area contributed by atoms with E-state index in [0.717, 1.165) is 12.1 Å². The SMILES string of the molecule is C[C@H]1Cn2ncc(S(=O)(=O)C3CC3)c2CN1C(=O)Cc1cc(F)c(F)c(F)c1. The number of nitrogens with zero attached hydrogens (tertiary/aromatic N) is 3. The van der Waals surface area contributed by atoms with Crippen molar-refractivity contribution < 1.29 is 26.4 Å². The Balaban J connectivity index is 1.59. The molecule has 28 heavy (non-hydrogen) atoms. The minimum atomic E-state index is -3.47. The molecular formula is C18H18F3N3O3S. The van der Waals surface area contributed by atoms with Gasteiger partial charge in [-0.15, -0.1) is 0 Å². The topological polar surface area (TPSA) is 72.3 Å². The van der Waals surface area contributed by atoms with Crippen molar-refractivity contribution in [3.8, 4) is 0 Å². The van der Waals surface area contributed by atoms with Crippen LogP contribution >= 0.6 is 0 Å². The third kappa shape index (κ3) is 3.19. The third-order valence-corrected chi connectivity index (χ3v) is 7.49. The van der Waals surface area contributed by atoms with E-state index in [1.165, 1.54) is 11.1 Å². The molecule has 1 atom stereocenters. The average molecular weight is 413 g/mol. The van der Waals surface area contributed by atoms with Gasteiger partial charge in [-0.2, -0.15) is 5.10 Å². The lowest BCUT2D eigenvalue weighted by Gasteiger charge is -2.34. The lowest BCUT2D eigenvalue weighted by atomic mass is 10.1. The van der Waals surface area contributed by atoms with Gasteiger partial charge in [0, 0.05) is 6.04 Å². The monoisotopic (exact) mass is 413 g/mol. The summed E-state index contributed by atoms with van der Waals surface area (Å²) in [5, 5.41) is 3.76. The van der Waals surface area contributed by atoms with Crippen molar-refractivity contribution in [3.63, 3.8) is 0 Å². The summed E-state index contributed by atoms with van der Waals surface area (Å²) in [7, 11) is -3.47. The van der Waals surface area contributed by atoms with Crippen molar-refractivity contribution in [1.29, 1.82) is 0 Å². The summed E-state index contributed by atoms with van der Waals surface area (Å²) in [6.07, 6.45) is 2.24. The van der Waals surface area contributed by atoms with Crippen molar-refractivity contribution in [2.45, 2.75) is 55.5 Å². The van der Waals surface area contributed by atoms with Gasteiger partial charge in [-0.3, -0.25) is 9.48 Å². The molecule has 1 aromatic heterocycles. The lowest BCUT2D eigenvalue weighted by Crippen LogP contribution is -2.46. The van der Waals surface area contributed by atoms with Crippen LogP contribution in [0.3, 0.4) is 0 Å². The average Bonchev–Trinajstić information content (AvgIpc) is 3.40. The summed E-state index contributed by atoms with van der Waals surface area (Å²) < 4.78 is 66.7. The highest BCUT2D eigenvalue weighted by Gasteiger charge is 2.41. The number of sulfone groups is 1. The van der Waals surface area contributed by atoms with Gasteiger partial charge in [0.2, 0.25) is 5.91 Å². The molecule has 0 unspecified atom stereocenters. The number of carbonyl (C=O) groups excluding carboxylic acids is 1. The van der Waals surface area contributed by atoms with Crippen LogP contribution in [0.1, 0.15) is 31.0 Å². The van der Waals surface area contributed by atoms with E-state index in [0.29, 0.717) is 25.1 Å². The summed E-state index contributed by atoms with van der Waals surface area (Å²) >= 11 is 0. The van der Waals surface area contributed by atoms with Crippen molar-refractivity contribution in [2.24, 2.45) is 0 Å². The molecule has 150 valence electrons. The molecule has 1 saturated carbocycles. The Morgan fingerprint density at radius 2 is 1.86 bits per heavy atom. The Hall–Kier alpha value is -2.36. The number of rotatable bonds is 4. The first-order valence-corrected chi connectivity index (χ1v) is 10.4. The Kier molecular flexibility index (Phi) is 4.48. The second-order valence-electron chi connectivity index (χ2n) is 7.30. The molecular weight excluding hydrogens is 395 g/mol. The van der Waals surface area contributed by atoms with Crippen molar-refractivity contribution in [1.82, 2.24) is 14.7 Å². The van der Waals surface area contributed by atoms with Gasteiger partial charge in [0.05, 0.1) is 36.7 Å². The van der Waals surface area contributed by atoms with E-state index in [4.69, 9.17) is 0 Å². The van der Waals surface area contributed by atoms with Gasteiger partial charge < -0.3 is 4.90 Å². The Labute approximate surface area is 159 Å². The number of fused-ring (bicyclic) bond motifs is 1. The van der Waals surface area contributed by atoms with E-state index >= 15 is 0 Å². The van der Waals surface area contributed by atoms with Crippen LogP contribution < -0.4 is 0 Å². The number of hydrogen-bond donors (Lipinski definition) is 0. The minimum absolute atomic E-state index is 0.0125. The van der Waals surface area contributed by atoms with Gasteiger partial charge in [-0.1, -0.05) is 0 Å². The van der Waals surface area contributed by atoms with E-state index in [1.807, 2.05) is 0 Å². The van der Waals surface area contributed by atoms with Crippen LogP contribution in [0.15, 0.2) is 23.2 Å². The molecule has 0 bridgehead atoms. The lowest BCUT2D eigenvalue weighted by molar-refractivity contribution is -0.134. The van der Waals surface area contributed by atoms with Crippen molar-refractivity contribution >= 4 is 15.7 Å². The number of amides is 1. The molecule has 0 spiro atoms. The molecule has 2 aliphatic rings. The van der Waals surface area contributed by atoms with Crippen LogP contribution in [0.5, 0.6) is 0 Å². The molecule has 1 aromatic carbocycles. The molecule has 1 aliphatic carbocycles. The molecule has 0 saturated heterocycles. The van der Waals surface area contributed by atoms with E-state index in [1.54, 1.807) is 11.6 Å². The molecule has 2 aromatic rings. The second kappa shape index (κ2) is 6.61. The van der Waals surface area contributed by atoms with E-state index < -0.39 is 38.4 Å². The molecule has 0 N–H and O–H groups in total. The molecule has 1 amide bonds. The first-order chi connectivity index (χ1) is 13.2. The Morgan fingerprint density at radius 3 is 2.46 bits per heavy atom. The highest BCUT2D eigenvalue weighted by molar-refractivity contribution is 7.92. The Morgan fingerprint density at radius 1 is 1.21 bits per heavy atom. The van der Waals surface area contributed by atoms with Gasteiger partial charge >= 0.3 is 0 Å². The van der Waals surface area contributed by atoms with Gasteiger partial charge in [0.1, 0.15) is 4.90 Å². The number of benzene rings is 1. The van der Waals surface area contributed by atoms with Crippen LogP contribution in [0.2, 0.25) is 0 Å². The maximum absolute atomic E-state index is 13.4. The van der Waals surface area contributed by atoms with Crippen LogP contribution in [-0.2, 0) is 34.1 Å². The highest BCUT2D eigenvalue weighted by atomic mass is 32.2. The summed E-state index contributed by atoms with van der Waals surface area (Å²) in [5.74, 6) is -4.72. The zero-order chi connectivity index (χ0) is 20.2. The van der Waals surface area contributed by atoms with Crippen LogP contribution in [-0.4, -0.2) is 40.3 Å². The fourth-order valence-corrected chi connectivity index (χ4v) is 5.30. The third-order valence-electron chi connectivity index (χ3n) is 5.19. The molecule has 0 radical (unpaired) electrons. The maximum atomic E-state index is 13.4. The van der Waals surface area contributed by atoms with Gasteiger partial charge in [-0.25, -0.2) is 21.6 Å². The van der Waals surface area contributed by atoms with Crippen molar-refractivity contribution in [2.75, 3.05) is 0 Å². The second-order valence-corrected chi connectivity index (χ2v) is 9.50. The maximum Gasteiger partial charge on any atom is 0.227 e. The fourth-order valence-electron chi connectivity index (χ4n) is 3.49. The zero-order valence-corrected chi connectivity index (χ0v) is 15.8. The van der Waals surface area contributed by atoms with Gasteiger partial charge in [-0.05, 0) is 37.5 Å². The van der Waals surface area contributed by atoms with Crippen LogP contribution in [0.4, 0.5) is 13.2 Å². The standard InChI is InChI=1S/C18H18F3N3O3S/c1-10-8-24-15(16(7-22-24)28(26,27)12-2-3-12)9-23(10)17(25)6-11-4-13(19)18(21)14(20)5-11/h4-5,7,10,12H,2-3,6,8-9H2,1H3/t10-/m0/s1. The molecule has 10 heteroatoms. The molecule has 4 rings (SSSR count). The smallest absolute Gasteiger partial charge is 0.227 e. The fraction of sp³-hybridized carbons (Fsp3) is 0.444. The predicted molar refractivity (Wildman–Crippen MR) is 92.5 cm³/mol. The summed E-state index contributed by atoms with van der Waals surface area (Å²) in [6, 6.07) is 1.29. The van der Waals surface area contributed by atoms with Crippen LogP contribution in [0.25, 0.3) is 0 Å². The van der Waals surface area contributed by atoms with E-state index in [9.17, 15) is 26.4 Å². The number of carbonyl (C=O) groups is 1. The van der Waals surface area contributed by atoms with Gasteiger partial charge in [0.15, 0.2) is 27.3 Å². The number of hydrogen-bond acceptors (Lipinski definition) is 4. The normalized spacial score (nSPS) is 19.6. The first-order valence-electron chi connectivity index (χ1n) is 8.90. The first kappa shape index (κ1) is 19.0. The molecule has 1 fully saturated rings. The van der Waals surface area contributed by atoms with E-state index in [2.05, 4.69) is 5.10 Å². The quantitative estimate of drug-likeness (QED) is 0.721. The Bertz CT molecular complexity index is 1040. The summed E-state index contributed by atoms with van der Waals surface area (Å²) in [4.78, 5) is 14.3. The molecule has 2 heterocycles. The largest absolute Gasteiger partial charge is 0.332 e. The highest BCUT2D eigenvalue weighted by Crippen LogP contribution is 2.36. The predicted octanol–water partition coefficient (Wildman–Crippen LogP) is 2.21. The van der Waals surface area contributed by atoms with Gasteiger partial charge in [0.25, 0.3) is 0 Å². The summed E-state index contributed by atoms with van der Waals surface area (Å²) in [6.45, 7) is 2.13. The summed E-state index contributed by atoms with van der Waals surface area (Å²) in [5.41, 5.74) is 0.452. The molecule has 6 nitrogen and oxygen atoms in total. The van der Waals surface area contributed by atoms with Crippen molar-refractivity contribution in [3.05, 3.63) is 47.0 Å². The number of aromatic nitrogens is 2. The van der Waals surface area contributed by atoms with Crippen LogP contribution in [0, 0.1) is 17.5 Å². The molecule has 1 aliphatic heterocycles. The number of halogens is 3. The minimum Gasteiger partial charge on any atom is -0.332 e. The van der Waals surface area contributed by atoms with E-state index in [-0.39, 0.29) is 29.5 Å².